The first-order valence-electron chi connectivity index (χ1n) is 5.82. The summed E-state index contributed by atoms with van der Waals surface area (Å²) in [7, 11) is 0. The molecule has 0 radical (unpaired) electrons. The van der Waals surface area contributed by atoms with Crippen molar-refractivity contribution in [3.05, 3.63) is 22.4 Å². The number of rotatable bonds is 6. The average molecular weight is 284 g/mol. The lowest BCUT2D eigenvalue weighted by Gasteiger charge is -2.13. The molecule has 0 bridgehead atoms. The van der Waals surface area contributed by atoms with E-state index in [1.165, 1.54) is 0 Å². The van der Waals surface area contributed by atoms with Crippen LogP contribution in [0.15, 0.2) is 17.5 Å². The lowest BCUT2D eigenvalue weighted by atomic mass is 10.2. The first-order valence-corrected chi connectivity index (χ1v) is 6.70. The highest BCUT2D eigenvalue weighted by atomic mass is 32.1. The predicted molar refractivity (Wildman–Crippen MR) is 71.0 cm³/mol. The van der Waals surface area contributed by atoms with Crippen molar-refractivity contribution in [3.8, 4) is 0 Å². The van der Waals surface area contributed by atoms with E-state index in [1.54, 1.807) is 11.3 Å². The van der Waals surface area contributed by atoms with Crippen molar-refractivity contribution < 1.29 is 19.5 Å². The van der Waals surface area contributed by atoms with E-state index in [0.717, 1.165) is 4.88 Å². The van der Waals surface area contributed by atoms with Gasteiger partial charge < -0.3 is 10.4 Å². The number of imide groups is 1. The molecule has 0 saturated heterocycles. The van der Waals surface area contributed by atoms with E-state index in [-0.39, 0.29) is 18.9 Å². The van der Waals surface area contributed by atoms with Crippen LogP contribution >= 0.6 is 11.3 Å². The van der Waals surface area contributed by atoms with Gasteiger partial charge in [-0.3, -0.25) is 14.9 Å². The molecule has 1 unspecified atom stereocenters. The van der Waals surface area contributed by atoms with Crippen LogP contribution in [-0.2, 0) is 16.0 Å². The Morgan fingerprint density at radius 1 is 1.37 bits per heavy atom. The molecular formula is C12H16N2O4S. The van der Waals surface area contributed by atoms with E-state index in [9.17, 15) is 14.4 Å². The summed E-state index contributed by atoms with van der Waals surface area (Å²) in [6.45, 7) is 1.83. The van der Waals surface area contributed by atoms with Crippen LogP contribution in [0, 0.1) is 0 Å². The van der Waals surface area contributed by atoms with Gasteiger partial charge in [0.2, 0.25) is 5.91 Å². The highest BCUT2D eigenvalue weighted by Crippen LogP contribution is 2.10. The molecular weight excluding hydrogens is 268 g/mol. The second kappa shape index (κ2) is 7.52. The molecule has 1 aromatic heterocycles. The standard InChI is InChI=1S/C12H16N2O4S/c1-8(7-9-3-2-6-19-9)13-12(18)14-10(15)4-5-11(16)17/h2-3,6,8H,4-5,7H2,1H3,(H,16,17)(H2,13,14,15,18). The Labute approximate surface area is 114 Å². The Kier molecular flexibility index (Phi) is 6.01. The quantitative estimate of drug-likeness (QED) is 0.735. The summed E-state index contributed by atoms with van der Waals surface area (Å²) >= 11 is 1.60. The predicted octanol–water partition coefficient (Wildman–Crippen LogP) is 1.37. The van der Waals surface area contributed by atoms with Crippen LogP contribution in [0.25, 0.3) is 0 Å². The number of hydrogen-bond acceptors (Lipinski definition) is 4. The number of carbonyl (C=O) groups is 3. The van der Waals surface area contributed by atoms with Gasteiger partial charge in [0.15, 0.2) is 0 Å². The van der Waals surface area contributed by atoms with Gasteiger partial charge in [0.05, 0.1) is 6.42 Å². The summed E-state index contributed by atoms with van der Waals surface area (Å²) in [5.74, 6) is -1.66. The summed E-state index contributed by atoms with van der Waals surface area (Å²) in [5.41, 5.74) is 0. The third-order valence-electron chi connectivity index (χ3n) is 2.28. The van der Waals surface area contributed by atoms with Crippen LogP contribution in [-0.4, -0.2) is 29.1 Å². The normalized spacial score (nSPS) is 11.6. The third-order valence-corrected chi connectivity index (χ3v) is 3.18. The van der Waals surface area contributed by atoms with Crippen LogP contribution in [0.2, 0.25) is 0 Å². The monoisotopic (exact) mass is 284 g/mol. The molecule has 1 rings (SSSR count). The van der Waals surface area contributed by atoms with Crippen LogP contribution < -0.4 is 10.6 Å². The zero-order chi connectivity index (χ0) is 14.3. The van der Waals surface area contributed by atoms with Crippen molar-refractivity contribution in [1.29, 1.82) is 0 Å². The minimum Gasteiger partial charge on any atom is -0.481 e. The van der Waals surface area contributed by atoms with Gasteiger partial charge in [0, 0.05) is 23.8 Å². The summed E-state index contributed by atoms with van der Waals surface area (Å²) in [6.07, 6.45) is 0.195. The molecule has 3 N–H and O–H groups in total. The molecule has 3 amide bonds. The lowest BCUT2D eigenvalue weighted by molar-refractivity contribution is -0.138. The van der Waals surface area contributed by atoms with Crippen LogP contribution in [0.3, 0.4) is 0 Å². The van der Waals surface area contributed by atoms with Gasteiger partial charge in [0.25, 0.3) is 0 Å². The third kappa shape index (κ3) is 6.56. The number of carbonyl (C=O) groups excluding carboxylic acids is 2. The van der Waals surface area contributed by atoms with Crippen molar-refractivity contribution in [2.24, 2.45) is 0 Å². The molecule has 0 aromatic carbocycles. The van der Waals surface area contributed by atoms with Crippen molar-refractivity contribution >= 4 is 29.2 Å². The van der Waals surface area contributed by atoms with Gasteiger partial charge in [-0.05, 0) is 18.4 Å². The van der Waals surface area contributed by atoms with E-state index >= 15 is 0 Å². The average Bonchev–Trinajstić information content (AvgIpc) is 2.78. The Hall–Kier alpha value is -1.89. The van der Waals surface area contributed by atoms with E-state index in [4.69, 9.17) is 5.11 Å². The minimum absolute atomic E-state index is 0.106. The van der Waals surface area contributed by atoms with E-state index in [1.807, 2.05) is 24.4 Å². The zero-order valence-electron chi connectivity index (χ0n) is 10.5. The molecule has 7 heteroatoms. The Morgan fingerprint density at radius 2 is 2.11 bits per heavy atom. The fourth-order valence-electron chi connectivity index (χ4n) is 1.45. The highest BCUT2D eigenvalue weighted by Gasteiger charge is 2.12. The van der Waals surface area contributed by atoms with E-state index in [2.05, 4.69) is 10.6 Å². The number of thiophene rings is 1. The SMILES string of the molecule is CC(Cc1cccs1)NC(=O)NC(=O)CCC(=O)O. The first-order chi connectivity index (χ1) is 8.97. The molecule has 1 heterocycles. The number of nitrogens with one attached hydrogen (secondary N) is 2. The van der Waals surface area contributed by atoms with Gasteiger partial charge in [-0.2, -0.15) is 0 Å². The highest BCUT2D eigenvalue weighted by molar-refractivity contribution is 7.09. The largest absolute Gasteiger partial charge is 0.481 e. The Morgan fingerprint density at radius 3 is 2.68 bits per heavy atom. The van der Waals surface area contributed by atoms with Gasteiger partial charge in [-0.1, -0.05) is 6.07 Å². The number of aliphatic carboxylic acids is 1. The Balaban J connectivity index is 2.26. The molecule has 0 saturated carbocycles. The van der Waals surface area contributed by atoms with Crippen molar-refractivity contribution in [3.63, 3.8) is 0 Å². The molecule has 0 aliphatic heterocycles. The smallest absolute Gasteiger partial charge is 0.321 e. The first kappa shape index (κ1) is 15.2. The fraction of sp³-hybridized carbons (Fsp3) is 0.417. The minimum atomic E-state index is -1.07. The number of carboxylic acid groups (broad SMARTS) is 1. The van der Waals surface area contributed by atoms with Gasteiger partial charge >= 0.3 is 12.0 Å². The molecule has 19 heavy (non-hydrogen) atoms. The molecule has 6 nitrogen and oxygen atoms in total. The van der Waals surface area contributed by atoms with E-state index in [0.29, 0.717) is 6.42 Å². The summed E-state index contributed by atoms with van der Waals surface area (Å²) < 4.78 is 0. The molecule has 0 aliphatic rings. The molecule has 0 aliphatic carbocycles. The summed E-state index contributed by atoms with van der Waals surface area (Å²) in [4.78, 5) is 34.1. The molecule has 1 atom stereocenters. The topological polar surface area (TPSA) is 95.5 Å². The van der Waals surface area contributed by atoms with Crippen LogP contribution in [0.5, 0.6) is 0 Å². The molecule has 104 valence electrons. The molecule has 0 spiro atoms. The maximum absolute atomic E-state index is 11.4. The van der Waals surface area contributed by atoms with Gasteiger partial charge in [-0.15, -0.1) is 11.3 Å². The second-order valence-corrected chi connectivity index (χ2v) is 5.13. The van der Waals surface area contributed by atoms with E-state index < -0.39 is 17.9 Å². The van der Waals surface area contributed by atoms with Crippen molar-refractivity contribution in [2.45, 2.75) is 32.2 Å². The summed E-state index contributed by atoms with van der Waals surface area (Å²) in [6, 6.07) is 3.20. The second-order valence-electron chi connectivity index (χ2n) is 4.10. The van der Waals surface area contributed by atoms with Crippen LogP contribution in [0.1, 0.15) is 24.6 Å². The number of urea groups is 1. The number of amides is 3. The lowest BCUT2D eigenvalue weighted by Crippen LogP contribution is -2.44. The molecule has 0 fully saturated rings. The number of carboxylic acids is 1. The van der Waals surface area contributed by atoms with Gasteiger partial charge in [-0.25, -0.2) is 4.79 Å². The maximum atomic E-state index is 11.4. The van der Waals surface area contributed by atoms with Gasteiger partial charge in [0.1, 0.15) is 0 Å². The van der Waals surface area contributed by atoms with Crippen LogP contribution in [0.4, 0.5) is 4.79 Å². The maximum Gasteiger partial charge on any atom is 0.321 e. The molecule has 1 aromatic rings. The zero-order valence-corrected chi connectivity index (χ0v) is 11.3. The number of hydrogen-bond donors (Lipinski definition) is 3. The summed E-state index contributed by atoms with van der Waals surface area (Å²) in [5, 5.41) is 15.1. The fourth-order valence-corrected chi connectivity index (χ4v) is 2.29. The van der Waals surface area contributed by atoms with Crippen molar-refractivity contribution in [2.75, 3.05) is 0 Å². The van der Waals surface area contributed by atoms with Crippen molar-refractivity contribution in [1.82, 2.24) is 10.6 Å². The Bertz CT molecular complexity index is 445.